The van der Waals surface area contributed by atoms with Gasteiger partial charge in [0.1, 0.15) is 5.58 Å². The van der Waals surface area contributed by atoms with Crippen LogP contribution in [0.25, 0.3) is 31.8 Å². The Morgan fingerprint density at radius 3 is 2.79 bits per heavy atom. The number of aryl methyl sites for hydroxylation is 1. The molecule has 2 aromatic heterocycles. The first-order chi connectivity index (χ1) is 9.24. The van der Waals surface area contributed by atoms with Gasteiger partial charge >= 0.3 is 5.63 Å². The zero-order valence-electron chi connectivity index (χ0n) is 10.3. The lowest BCUT2D eigenvalue weighted by Crippen LogP contribution is -1.98. The molecule has 2 aromatic carbocycles. The van der Waals surface area contributed by atoms with Crippen LogP contribution in [0.15, 0.2) is 51.0 Å². The molecule has 3 heteroatoms. The van der Waals surface area contributed by atoms with Gasteiger partial charge in [-0.1, -0.05) is 12.1 Å². The van der Waals surface area contributed by atoms with E-state index in [1.807, 2.05) is 19.1 Å². The summed E-state index contributed by atoms with van der Waals surface area (Å²) in [5.41, 5.74) is 1.34. The Hall–Kier alpha value is -2.13. The molecule has 0 saturated carbocycles. The number of rotatable bonds is 0. The van der Waals surface area contributed by atoms with Gasteiger partial charge < -0.3 is 4.42 Å². The fourth-order valence-electron chi connectivity index (χ4n) is 2.71. The van der Waals surface area contributed by atoms with Gasteiger partial charge in [-0.05, 0) is 41.5 Å². The summed E-state index contributed by atoms with van der Waals surface area (Å²) in [4.78, 5) is 11.5. The third kappa shape index (κ3) is 1.45. The fourth-order valence-corrected chi connectivity index (χ4v) is 3.51. The van der Waals surface area contributed by atoms with Crippen molar-refractivity contribution in [1.29, 1.82) is 0 Å². The highest BCUT2D eigenvalue weighted by molar-refractivity contribution is 7.17. The van der Waals surface area contributed by atoms with Gasteiger partial charge in [0, 0.05) is 26.9 Å². The van der Waals surface area contributed by atoms with Crippen molar-refractivity contribution in [2.24, 2.45) is 0 Å². The molecule has 0 aliphatic carbocycles. The first kappa shape index (κ1) is 10.8. The Labute approximate surface area is 112 Å². The molecule has 0 atom stereocenters. The summed E-state index contributed by atoms with van der Waals surface area (Å²) in [6.45, 7) is 1.96. The van der Waals surface area contributed by atoms with E-state index in [-0.39, 0.29) is 5.63 Å². The smallest absolute Gasteiger partial charge is 0.336 e. The van der Waals surface area contributed by atoms with E-state index < -0.39 is 0 Å². The van der Waals surface area contributed by atoms with Crippen molar-refractivity contribution in [3.05, 3.63) is 57.8 Å². The average Bonchev–Trinajstić information content (AvgIpc) is 2.85. The molecule has 0 amide bonds. The SMILES string of the molecule is Cc1cc(=O)oc2ccc3ccc4sccc4c3c12. The lowest BCUT2D eigenvalue weighted by Gasteiger charge is -2.06. The highest BCUT2D eigenvalue weighted by atomic mass is 32.1. The van der Waals surface area contributed by atoms with E-state index in [9.17, 15) is 4.79 Å². The van der Waals surface area contributed by atoms with Gasteiger partial charge in [-0.25, -0.2) is 4.79 Å². The van der Waals surface area contributed by atoms with Crippen LogP contribution in [0, 0.1) is 6.92 Å². The van der Waals surface area contributed by atoms with E-state index in [4.69, 9.17) is 4.42 Å². The largest absolute Gasteiger partial charge is 0.423 e. The molecule has 0 aliphatic heterocycles. The van der Waals surface area contributed by atoms with Crippen molar-refractivity contribution in [2.75, 3.05) is 0 Å². The van der Waals surface area contributed by atoms with Crippen molar-refractivity contribution >= 4 is 43.2 Å². The lowest BCUT2D eigenvalue weighted by atomic mass is 10.00. The maximum atomic E-state index is 11.5. The number of fused-ring (bicyclic) bond motifs is 5. The zero-order chi connectivity index (χ0) is 13.0. The van der Waals surface area contributed by atoms with Crippen LogP contribution in [-0.2, 0) is 0 Å². The quantitative estimate of drug-likeness (QED) is 0.347. The Morgan fingerprint density at radius 2 is 1.89 bits per heavy atom. The molecule has 0 fully saturated rings. The van der Waals surface area contributed by atoms with Gasteiger partial charge in [-0.2, -0.15) is 0 Å². The highest BCUT2D eigenvalue weighted by Crippen LogP contribution is 2.35. The van der Waals surface area contributed by atoms with E-state index in [2.05, 4.69) is 23.6 Å². The summed E-state index contributed by atoms with van der Waals surface area (Å²) in [7, 11) is 0. The van der Waals surface area contributed by atoms with Gasteiger partial charge in [-0.15, -0.1) is 11.3 Å². The molecular formula is C16H10O2S. The van der Waals surface area contributed by atoms with E-state index in [1.54, 1.807) is 17.4 Å². The summed E-state index contributed by atoms with van der Waals surface area (Å²) < 4.78 is 6.58. The molecule has 4 rings (SSSR count). The minimum absolute atomic E-state index is 0.290. The van der Waals surface area contributed by atoms with Crippen molar-refractivity contribution in [1.82, 2.24) is 0 Å². The second-order valence-electron chi connectivity index (χ2n) is 4.68. The third-order valence-electron chi connectivity index (χ3n) is 3.52. The predicted molar refractivity (Wildman–Crippen MR) is 80.1 cm³/mol. The molecular weight excluding hydrogens is 256 g/mol. The number of benzene rings is 2. The molecule has 2 nitrogen and oxygen atoms in total. The summed E-state index contributed by atoms with van der Waals surface area (Å²) in [5, 5.41) is 6.72. The minimum Gasteiger partial charge on any atom is -0.423 e. The van der Waals surface area contributed by atoms with E-state index in [0.717, 1.165) is 10.9 Å². The molecule has 0 aliphatic rings. The number of thiophene rings is 1. The van der Waals surface area contributed by atoms with Crippen LogP contribution >= 0.6 is 11.3 Å². The van der Waals surface area contributed by atoms with Crippen molar-refractivity contribution in [2.45, 2.75) is 6.92 Å². The van der Waals surface area contributed by atoms with Crippen LogP contribution in [0.1, 0.15) is 5.56 Å². The first-order valence-electron chi connectivity index (χ1n) is 6.07. The lowest BCUT2D eigenvalue weighted by molar-refractivity contribution is 0.560. The maximum Gasteiger partial charge on any atom is 0.336 e. The van der Waals surface area contributed by atoms with Gasteiger partial charge in [0.2, 0.25) is 0 Å². The molecule has 19 heavy (non-hydrogen) atoms. The van der Waals surface area contributed by atoms with Crippen molar-refractivity contribution < 1.29 is 4.42 Å². The monoisotopic (exact) mass is 266 g/mol. The first-order valence-corrected chi connectivity index (χ1v) is 6.95. The van der Waals surface area contributed by atoms with E-state index in [1.165, 1.54) is 20.9 Å². The standard InChI is InChI=1S/C16H10O2S/c1-9-8-14(17)18-12-4-2-10-3-5-13-11(6-7-19-13)16(10)15(9)12/h2-8H,1H3. The van der Waals surface area contributed by atoms with Crippen LogP contribution in [0.4, 0.5) is 0 Å². The van der Waals surface area contributed by atoms with Gasteiger partial charge in [0.05, 0.1) is 0 Å². The summed E-state index contributed by atoms with van der Waals surface area (Å²) in [5.74, 6) is 0. The van der Waals surface area contributed by atoms with Gasteiger partial charge in [0.15, 0.2) is 0 Å². The predicted octanol–water partition coefficient (Wildman–Crippen LogP) is 4.47. The Morgan fingerprint density at radius 1 is 1.05 bits per heavy atom. The van der Waals surface area contributed by atoms with E-state index >= 15 is 0 Å². The molecule has 0 N–H and O–H groups in total. The molecule has 0 bridgehead atoms. The molecule has 0 radical (unpaired) electrons. The number of hydrogen-bond donors (Lipinski definition) is 0. The van der Waals surface area contributed by atoms with Crippen LogP contribution in [0.3, 0.4) is 0 Å². The van der Waals surface area contributed by atoms with Crippen LogP contribution in [0.5, 0.6) is 0 Å². The van der Waals surface area contributed by atoms with Gasteiger partial charge in [-0.3, -0.25) is 0 Å². The van der Waals surface area contributed by atoms with Crippen molar-refractivity contribution in [3.63, 3.8) is 0 Å². The van der Waals surface area contributed by atoms with Gasteiger partial charge in [0.25, 0.3) is 0 Å². The average molecular weight is 266 g/mol. The van der Waals surface area contributed by atoms with Crippen molar-refractivity contribution in [3.8, 4) is 0 Å². The number of hydrogen-bond acceptors (Lipinski definition) is 3. The van der Waals surface area contributed by atoms with Crippen LogP contribution < -0.4 is 5.63 Å². The topological polar surface area (TPSA) is 30.2 Å². The maximum absolute atomic E-state index is 11.5. The molecule has 0 unspecified atom stereocenters. The van der Waals surface area contributed by atoms with E-state index in [0.29, 0.717) is 5.58 Å². The molecule has 0 spiro atoms. The van der Waals surface area contributed by atoms with Crippen LogP contribution in [0.2, 0.25) is 0 Å². The Kier molecular flexibility index (Phi) is 2.09. The molecule has 2 heterocycles. The highest BCUT2D eigenvalue weighted by Gasteiger charge is 2.10. The zero-order valence-corrected chi connectivity index (χ0v) is 11.1. The fraction of sp³-hybridized carbons (Fsp3) is 0.0625. The molecule has 0 saturated heterocycles. The Bertz CT molecular complexity index is 992. The molecule has 4 aromatic rings. The van der Waals surface area contributed by atoms with Crippen LogP contribution in [-0.4, -0.2) is 0 Å². The summed E-state index contributed by atoms with van der Waals surface area (Å²) in [6, 6.07) is 11.8. The minimum atomic E-state index is -0.290. The second-order valence-corrected chi connectivity index (χ2v) is 5.63. The summed E-state index contributed by atoms with van der Waals surface area (Å²) >= 11 is 1.73. The molecule has 92 valence electrons. The third-order valence-corrected chi connectivity index (χ3v) is 4.40. The Balaban J connectivity index is 2.42. The normalized spacial score (nSPS) is 11.6. The summed E-state index contributed by atoms with van der Waals surface area (Å²) in [6.07, 6.45) is 0. The second kappa shape index (κ2) is 3.68.